The molecular weight excluding hydrogens is 448 g/mol. The lowest BCUT2D eigenvalue weighted by atomic mass is 10.1. The van der Waals surface area contributed by atoms with E-state index in [0.717, 1.165) is 0 Å². The highest BCUT2D eigenvalue weighted by molar-refractivity contribution is 6.20. The Morgan fingerprint density at radius 3 is 2.59 bits per heavy atom. The highest BCUT2D eigenvalue weighted by atomic mass is 35.5. The van der Waals surface area contributed by atoms with Gasteiger partial charge in [0.15, 0.2) is 6.29 Å². The largest absolute Gasteiger partial charge is 0.487 e. The molecule has 1 atom stereocenters. The quantitative estimate of drug-likeness (QED) is 0.537. The van der Waals surface area contributed by atoms with E-state index in [4.69, 9.17) is 16.3 Å². The number of β-amino-alcohol motifs (C(OH)–C–C–N with tert-alkyl or cyclic N) is 1. The summed E-state index contributed by atoms with van der Waals surface area (Å²) in [5, 5.41) is 12.3. The molecule has 0 bridgehead atoms. The van der Waals surface area contributed by atoms with Gasteiger partial charge < -0.3 is 24.8 Å². The molecule has 32 heavy (non-hydrogen) atoms. The van der Waals surface area contributed by atoms with E-state index in [1.54, 1.807) is 23.4 Å². The molecule has 12 heteroatoms. The number of benzene rings is 1. The number of anilines is 2. The molecule has 2 N–H and O–H groups in total. The van der Waals surface area contributed by atoms with E-state index in [1.165, 1.54) is 36.8 Å². The molecule has 1 amide bonds. The van der Waals surface area contributed by atoms with Crippen molar-refractivity contribution in [3.63, 3.8) is 0 Å². The zero-order valence-corrected chi connectivity index (χ0v) is 17.0. The number of rotatable bonds is 6. The Morgan fingerprint density at radius 2 is 1.97 bits per heavy atom. The second kappa shape index (κ2) is 8.99. The molecule has 1 fully saturated rings. The summed E-state index contributed by atoms with van der Waals surface area (Å²) in [5.41, 5.74) is -2.05. The van der Waals surface area contributed by atoms with Crippen LogP contribution in [0.2, 0.25) is 0 Å². The minimum atomic E-state index is -3.83. The predicted molar refractivity (Wildman–Crippen MR) is 110 cm³/mol. The van der Waals surface area contributed by atoms with Gasteiger partial charge in [-0.05, 0) is 30.3 Å². The van der Waals surface area contributed by atoms with Crippen LogP contribution in [0.15, 0.2) is 55.2 Å². The smallest absolute Gasteiger partial charge is 0.420 e. The first kappa shape index (κ1) is 21.8. The average molecular weight is 464 g/mol. The lowest BCUT2D eigenvalue weighted by Gasteiger charge is -2.19. The molecule has 2 aromatic heterocycles. The van der Waals surface area contributed by atoms with Crippen molar-refractivity contribution < 1.29 is 28.2 Å². The predicted octanol–water partition coefficient (Wildman–Crippen LogP) is 3.07. The summed E-state index contributed by atoms with van der Waals surface area (Å²) in [4.78, 5) is 26.9. The standard InChI is InChI=1S/C20H16ClF2N5O4/c21-20(22,23)32-15-3-1-14(2-4-15)27-19(30)12-5-16(13-6-24-10-25-7-13)18(26-8-12)28-9-17(29)31-11-28/h1-8,10,17,29H,9,11H2,(H,27,30). The summed E-state index contributed by atoms with van der Waals surface area (Å²) in [6, 6.07) is 6.91. The Hall–Kier alpha value is -3.41. The van der Waals surface area contributed by atoms with Gasteiger partial charge in [0.2, 0.25) is 0 Å². The molecule has 4 rings (SSSR count). The summed E-state index contributed by atoms with van der Waals surface area (Å²) >= 11 is 4.74. The van der Waals surface area contributed by atoms with Gasteiger partial charge in [-0.1, -0.05) is 0 Å². The molecule has 1 saturated heterocycles. The van der Waals surface area contributed by atoms with Crippen molar-refractivity contribution in [2.24, 2.45) is 0 Å². The van der Waals surface area contributed by atoms with E-state index in [-0.39, 0.29) is 24.6 Å². The normalized spacial score (nSPS) is 16.1. The van der Waals surface area contributed by atoms with Crippen LogP contribution in [0, 0.1) is 0 Å². The van der Waals surface area contributed by atoms with Crippen LogP contribution < -0.4 is 15.0 Å². The number of aromatic nitrogens is 3. The first-order chi connectivity index (χ1) is 15.3. The summed E-state index contributed by atoms with van der Waals surface area (Å²) < 4.78 is 34.9. The Kier molecular flexibility index (Phi) is 6.12. The fourth-order valence-corrected chi connectivity index (χ4v) is 3.13. The molecule has 0 spiro atoms. The van der Waals surface area contributed by atoms with Gasteiger partial charge in [0.1, 0.15) is 24.6 Å². The molecule has 9 nitrogen and oxygen atoms in total. The number of hydrogen-bond donors (Lipinski definition) is 2. The van der Waals surface area contributed by atoms with Gasteiger partial charge in [-0.3, -0.25) is 4.79 Å². The molecule has 1 aromatic carbocycles. The molecule has 3 heterocycles. The lowest BCUT2D eigenvalue weighted by Crippen LogP contribution is -2.23. The molecule has 3 aromatic rings. The lowest BCUT2D eigenvalue weighted by molar-refractivity contribution is -0.0964. The van der Waals surface area contributed by atoms with Crippen LogP contribution in [-0.4, -0.2) is 51.1 Å². The topological polar surface area (TPSA) is 110 Å². The number of ether oxygens (including phenoxy) is 2. The van der Waals surface area contributed by atoms with Crippen molar-refractivity contribution >= 4 is 29.0 Å². The Balaban J connectivity index is 1.57. The van der Waals surface area contributed by atoms with Crippen molar-refractivity contribution in [3.8, 4) is 16.9 Å². The Bertz CT molecular complexity index is 1100. The van der Waals surface area contributed by atoms with Gasteiger partial charge >= 0.3 is 5.57 Å². The third-order valence-electron chi connectivity index (χ3n) is 4.45. The number of carbonyl (C=O) groups excluding carboxylic acids is 1. The van der Waals surface area contributed by atoms with Crippen LogP contribution in [0.5, 0.6) is 5.75 Å². The summed E-state index contributed by atoms with van der Waals surface area (Å²) in [6.45, 7) is 0.352. The van der Waals surface area contributed by atoms with E-state index in [2.05, 4.69) is 25.0 Å². The van der Waals surface area contributed by atoms with Crippen LogP contribution >= 0.6 is 11.6 Å². The molecule has 1 aliphatic rings. The number of nitrogens with zero attached hydrogens (tertiary/aromatic N) is 4. The highest BCUT2D eigenvalue weighted by Gasteiger charge is 2.28. The number of halogens is 3. The first-order valence-electron chi connectivity index (χ1n) is 9.26. The fourth-order valence-electron chi connectivity index (χ4n) is 3.05. The van der Waals surface area contributed by atoms with E-state index in [9.17, 15) is 18.7 Å². The third-order valence-corrected chi connectivity index (χ3v) is 4.52. The van der Waals surface area contributed by atoms with Crippen LogP contribution in [-0.2, 0) is 4.74 Å². The fraction of sp³-hybridized carbons (Fsp3) is 0.200. The monoisotopic (exact) mass is 463 g/mol. The van der Waals surface area contributed by atoms with Gasteiger partial charge in [0, 0.05) is 47.0 Å². The van der Waals surface area contributed by atoms with Crippen molar-refractivity contribution in [2.45, 2.75) is 11.9 Å². The number of amides is 1. The van der Waals surface area contributed by atoms with Gasteiger partial charge in [0.25, 0.3) is 5.91 Å². The van der Waals surface area contributed by atoms with Gasteiger partial charge in [-0.2, -0.15) is 0 Å². The van der Waals surface area contributed by atoms with Crippen molar-refractivity contribution in [1.82, 2.24) is 15.0 Å². The van der Waals surface area contributed by atoms with Crippen molar-refractivity contribution in [2.75, 3.05) is 23.5 Å². The summed E-state index contributed by atoms with van der Waals surface area (Å²) in [6.07, 6.45) is 4.98. The first-order valence-corrected chi connectivity index (χ1v) is 9.63. The minimum Gasteiger partial charge on any atom is -0.420 e. The maximum absolute atomic E-state index is 12.8. The second-order valence-corrected chi connectivity index (χ2v) is 7.16. The number of aliphatic hydroxyl groups excluding tert-OH is 1. The van der Waals surface area contributed by atoms with Crippen molar-refractivity contribution in [1.29, 1.82) is 0 Å². The maximum atomic E-state index is 12.8. The molecule has 1 unspecified atom stereocenters. The van der Waals surface area contributed by atoms with Crippen LogP contribution in [0.1, 0.15) is 10.4 Å². The van der Waals surface area contributed by atoms with E-state index < -0.39 is 17.8 Å². The number of alkyl halides is 3. The summed E-state index contributed by atoms with van der Waals surface area (Å²) in [7, 11) is 0. The van der Waals surface area contributed by atoms with E-state index in [0.29, 0.717) is 22.6 Å². The van der Waals surface area contributed by atoms with Gasteiger partial charge in [-0.15, -0.1) is 8.78 Å². The van der Waals surface area contributed by atoms with Gasteiger partial charge in [-0.25, -0.2) is 15.0 Å². The highest BCUT2D eigenvalue weighted by Crippen LogP contribution is 2.31. The van der Waals surface area contributed by atoms with Crippen molar-refractivity contribution in [3.05, 3.63) is 60.8 Å². The number of hydrogen-bond acceptors (Lipinski definition) is 8. The maximum Gasteiger partial charge on any atom is 0.487 e. The zero-order chi connectivity index (χ0) is 22.7. The average Bonchev–Trinajstić information content (AvgIpc) is 3.20. The minimum absolute atomic E-state index is 0.135. The third kappa shape index (κ3) is 5.25. The number of carbonyl (C=O) groups is 1. The van der Waals surface area contributed by atoms with E-state index in [1.807, 2.05) is 0 Å². The van der Waals surface area contributed by atoms with E-state index >= 15 is 0 Å². The Labute approximate surface area is 185 Å². The molecular formula is C20H16ClF2N5O4. The Morgan fingerprint density at radius 1 is 1.25 bits per heavy atom. The molecule has 0 radical (unpaired) electrons. The van der Waals surface area contributed by atoms with Gasteiger partial charge in [0.05, 0.1) is 12.1 Å². The molecule has 1 aliphatic heterocycles. The van der Waals surface area contributed by atoms with Crippen LogP contribution in [0.25, 0.3) is 11.1 Å². The molecule has 0 aliphatic carbocycles. The zero-order valence-electron chi connectivity index (χ0n) is 16.3. The molecule has 166 valence electrons. The summed E-state index contributed by atoms with van der Waals surface area (Å²) in [5.74, 6) is -0.136. The second-order valence-electron chi connectivity index (χ2n) is 6.72. The number of aliphatic hydroxyl groups is 1. The van der Waals surface area contributed by atoms with Crippen LogP contribution in [0.4, 0.5) is 20.3 Å². The molecule has 0 saturated carbocycles. The number of pyridine rings is 1. The number of nitrogens with one attached hydrogen (secondary N) is 1. The SMILES string of the molecule is O=C(Nc1ccc(OC(F)(F)Cl)cc1)c1cnc(N2COC(O)C2)c(-c2cncnc2)c1. The van der Waals surface area contributed by atoms with Crippen LogP contribution in [0.3, 0.4) is 0 Å².